The number of nitroso groups, excluding NO2 is 1. The van der Waals surface area contributed by atoms with Crippen molar-refractivity contribution in [2.45, 2.75) is 49.6 Å². The highest BCUT2D eigenvalue weighted by molar-refractivity contribution is 8.05. The molecule has 1 aromatic rings. The van der Waals surface area contributed by atoms with E-state index in [4.69, 9.17) is 0 Å². The van der Waals surface area contributed by atoms with Crippen molar-refractivity contribution in [1.82, 2.24) is 4.90 Å². The molecule has 0 bridgehead atoms. The van der Waals surface area contributed by atoms with Gasteiger partial charge in [0.25, 0.3) is 0 Å². The van der Waals surface area contributed by atoms with E-state index in [2.05, 4.69) is 4.58 Å². The lowest BCUT2D eigenvalue weighted by Crippen LogP contribution is -2.42. The third-order valence-electron chi connectivity index (χ3n) is 5.13. The number of likely N-dealkylation sites (tertiary alicyclic amines) is 1. The van der Waals surface area contributed by atoms with Crippen LogP contribution in [0.25, 0.3) is 0 Å². The van der Waals surface area contributed by atoms with Gasteiger partial charge in [0.05, 0.1) is 0 Å². The molecular weight excluding hydrogens is 403 g/mol. The molecule has 2 unspecified atom stereocenters. The Hall–Kier alpha value is -1.70. The van der Waals surface area contributed by atoms with Gasteiger partial charge in [-0.3, -0.25) is 9.36 Å². The number of nitrogens with zero attached hydrogens (tertiary/aromatic N) is 2. The van der Waals surface area contributed by atoms with Crippen molar-refractivity contribution in [3.8, 4) is 0 Å². The Bertz CT molecular complexity index is 762. The van der Waals surface area contributed by atoms with E-state index in [0.717, 1.165) is 10.5 Å². The number of carboxylic acids is 1. The zero-order valence-corrected chi connectivity index (χ0v) is 17.4. The Labute approximate surface area is 168 Å². The first-order valence-electron chi connectivity index (χ1n) is 9.09. The summed E-state index contributed by atoms with van der Waals surface area (Å²) in [5.41, 5.74) is 1.07. The lowest BCUT2D eigenvalue weighted by Gasteiger charge is -2.32. The van der Waals surface area contributed by atoms with Crippen LogP contribution in [-0.4, -0.2) is 50.0 Å². The maximum atomic E-state index is 13.1. The fraction of sp³-hybridized carbons (Fsp3) is 0.556. The second kappa shape index (κ2) is 9.67. The van der Waals surface area contributed by atoms with Gasteiger partial charge in [0.15, 0.2) is 0 Å². The lowest BCUT2D eigenvalue weighted by molar-refractivity contribution is -0.147. The highest BCUT2D eigenvalue weighted by atomic mass is 32.2. The van der Waals surface area contributed by atoms with Crippen LogP contribution in [0.15, 0.2) is 34.9 Å². The average Bonchev–Trinajstić information content (AvgIpc) is 3.12. The smallest absolute Gasteiger partial charge is 0.326 e. The zero-order chi connectivity index (χ0) is 20.8. The number of rotatable bonds is 10. The number of hydrogen-bond acceptors (Lipinski definition) is 6. The molecule has 8 nitrogen and oxygen atoms in total. The monoisotopic (exact) mass is 428 g/mol. The molecule has 1 aliphatic heterocycles. The van der Waals surface area contributed by atoms with E-state index < -0.39 is 35.9 Å². The third kappa shape index (κ3) is 5.43. The van der Waals surface area contributed by atoms with E-state index >= 15 is 0 Å². The summed E-state index contributed by atoms with van der Waals surface area (Å²) in [7, 11) is -4.13. The van der Waals surface area contributed by atoms with Crippen LogP contribution in [0, 0.1) is 4.91 Å². The fourth-order valence-electron chi connectivity index (χ4n) is 3.39. The van der Waals surface area contributed by atoms with Crippen molar-refractivity contribution in [3.05, 3.63) is 40.8 Å². The zero-order valence-electron chi connectivity index (χ0n) is 15.7. The van der Waals surface area contributed by atoms with Crippen molar-refractivity contribution < 1.29 is 24.2 Å². The topological polar surface area (TPSA) is 124 Å². The molecule has 1 amide bonds. The first-order valence-corrected chi connectivity index (χ1v) is 11.7. The van der Waals surface area contributed by atoms with E-state index in [-0.39, 0.29) is 13.0 Å². The highest BCUT2D eigenvalue weighted by Crippen LogP contribution is 2.62. The molecule has 3 atom stereocenters. The van der Waals surface area contributed by atoms with Crippen LogP contribution in [0.1, 0.15) is 38.2 Å². The highest BCUT2D eigenvalue weighted by Gasteiger charge is 2.47. The maximum Gasteiger partial charge on any atom is 0.326 e. The van der Waals surface area contributed by atoms with E-state index in [0.29, 0.717) is 37.6 Å². The number of carbonyl (C=O) groups is 2. The number of benzene rings is 1. The predicted octanol–water partition coefficient (Wildman–Crippen LogP) is 3.49. The number of aryl methyl sites for hydroxylation is 1. The van der Waals surface area contributed by atoms with Crippen LogP contribution in [0.3, 0.4) is 0 Å². The SMILES string of the molecule is CC(CCCc1ccccc1)(SN=O)P(=O)(O)CC(=O)N1CCC[C@H]1C(=O)O. The van der Waals surface area contributed by atoms with Gasteiger partial charge in [-0.15, -0.1) is 4.91 Å². The summed E-state index contributed by atoms with van der Waals surface area (Å²) in [6, 6.07) is 8.64. The molecule has 1 fully saturated rings. The largest absolute Gasteiger partial charge is 0.480 e. The number of aliphatic carboxylic acids is 1. The van der Waals surface area contributed by atoms with Crippen LogP contribution < -0.4 is 0 Å². The normalized spacial score (nSPS) is 20.9. The molecule has 1 aromatic carbocycles. The van der Waals surface area contributed by atoms with Crippen LogP contribution >= 0.6 is 19.3 Å². The van der Waals surface area contributed by atoms with Gasteiger partial charge >= 0.3 is 5.97 Å². The van der Waals surface area contributed by atoms with Gasteiger partial charge in [-0.2, -0.15) is 0 Å². The minimum Gasteiger partial charge on any atom is -0.480 e. The second-order valence-electron chi connectivity index (χ2n) is 7.12. The molecule has 1 heterocycles. The molecule has 2 N–H and O–H groups in total. The summed E-state index contributed by atoms with van der Waals surface area (Å²) in [6.07, 6.45) is 1.61. The fourth-order valence-corrected chi connectivity index (χ4v) is 5.98. The minimum absolute atomic E-state index is 0.224. The molecule has 2 rings (SSSR count). The molecule has 28 heavy (non-hydrogen) atoms. The van der Waals surface area contributed by atoms with E-state index in [1.807, 2.05) is 30.3 Å². The van der Waals surface area contributed by atoms with Crippen molar-refractivity contribution in [2.24, 2.45) is 4.58 Å². The molecule has 0 aromatic heterocycles. The first kappa shape index (κ1) is 22.6. The van der Waals surface area contributed by atoms with Crippen molar-refractivity contribution in [2.75, 3.05) is 12.7 Å². The predicted molar refractivity (Wildman–Crippen MR) is 108 cm³/mol. The van der Waals surface area contributed by atoms with Gasteiger partial charge in [-0.05, 0) is 44.6 Å². The number of amides is 1. The van der Waals surface area contributed by atoms with E-state index in [1.165, 1.54) is 6.92 Å². The average molecular weight is 428 g/mol. The van der Waals surface area contributed by atoms with Gasteiger partial charge in [0.1, 0.15) is 16.7 Å². The number of carbonyl (C=O) groups excluding carboxylic acids is 1. The van der Waals surface area contributed by atoms with Crippen LogP contribution in [0.2, 0.25) is 0 Å². The van der Waals surface area contributed by atoms with Gasteiger partial charge in [0.2, 0.25) is 13.3 Å². The molecule has 0 saturated carbocycles. The molecule has 0 radical (unpaired) electrons. The molecule has 10 heteroatoms. The van der Waals surface area contributed by atoms with Gasteiger partial charge < -0.3 is 14.9 Å². The third-order valence-corrected chi connectivity index (χ3v) is 9.30. The van der Waals surface area contributed by atoms with Crippen molar-refractivity contribution in [1.29, 1.82) is 0 Å². The summed E-state index contributed by atoms with van der Waals surface area (Å²) in [5, 5.41) is 9.21. The standard InChI is InChI=1S/C18H25N2O6PS/c1-18(28-19-24,11-5-9-14-7-3-2-4-8-14)27(25,26)13-16(21)20-12-6-10-15(20)17(22)23/h2-4,7-8,15H,5-6,9-13H2,1H3,(H,22,23)(H,25,26)/t15-,18?/m0/s1. The van der Waals surface area contributed by atoms with Crippen molar-refractivity contribution >= 4 is 31.2 Å². The van der Waals surface area contributed by atoms with Crippen LogP contribution in [0.5, 0.6) is 0 Å². The van der Waals surface area contributed by atoms with E-state index in [9.17, 15) is 29.1 Å². The molecule has 154 valence electrons. The number of carboxylic acid groups (broad SMARTS) is 1. The van der Waals surface area contributed by atoms with Gasteiger partial charge in [0, 0.05) is 23.1 Å². The summed E-state index contributed by atoms with van der Waals surface area (Å²) in [4.78, 5) is 46.5. The second-order valence-corrected chi connectivity index (χ2v) is 11.4. The maximum absolute atomic E-state index is 13.1. The quantitative estimate of drug-likeness (QED) is 0.332. The number of hydrogen-bond donors (Lipinski definition) is 2. The lowest BCUT2D eigenvalue weighted by atomic mass is 10.1. The molecular formula is C18H25N2O6PS. The summed E-state index contributed by atoms with van der Waals surface area (Å²) < 4.78 is 14.4. The van der Waals surface area contributed by atoms with Crippen molar-refractivity contribution in [3.63, 3.8) is 0 Å². The van der Waals surface area contributed by atoms with Gasteiger partial charge in [-0.1, -0.05) is 30.3 Å². The minimum atomic E-state index is -4.13. The molecule has 1 aliphatic rings. The Balaban J connectivity index is 2.06. The first-order chi connectivity index (χ1) is 13.2. The Morgan fingerprint density at radius 1 is 1.36 bits per heavy atom. The molecule has 0 spiro atoms. The Kier molecular flexibility index (Phi) is 7.80. The Morgan fingerprint density at radius 3 is 2.64 bits per heavy atom. The summed E-state index contributed by atoms with van der Waals surface area (Å²) >= 11 is 0.482. The molecule has 1 saturated heterocycles. The van der Waals surface area contributed by atoms with E-state index in [1.54, 1.807) is 0 Å². The Morgan fingerprint density at radius 2 is 2.04 bits per heavy atom. The van der Waals surface area contributed by atoms with Gasteiger partial charge in [-0.25, -0.2) is 4.79 Å². The summed E-state index contributed by atoms with van der Waals surface area (Å²) in [5.74, 6) is -1.79. The van der Waals surface area contributed by atoms with Crippen LogP contribution in [0.4, 0.5) is 0 Å². The summed E-state index contributed by atoms with van der Waals surface area (Å²) in [6.45, 7) is 1.72. The molecule has 0 aliphatic carbocycles. The van der Waals surface area contributed by atoms with Crippen LogP contribution in [-0.2, 0) is 20.6 Å².